The Balaban J connectivity index is 0.00000208. The molecule has 136 valence electrons. The lowest BCUT2D eigenvalue weighted by molar-refractivity contribution is -0.140. The number of urea groups is 1. The molecule has 4 amide bonds. The van der Waals surface area contributed by atoms with Crippen LogP contribution < -0.4 is 10.6 Å². The van der Waals surface area contributed by atoms with Gasteiger partial charge in [-0.15, -0.1) is 12.4 Å². The standard InChI is InChI=1S/C16H26N4O3.ClH/c1-12-5-2-3-6-16(12)14(22)20(15(23)18-16)11-13(21)19-9-4-7-17-8-10-19;/h12,17H,2-11H2,1H3,(H,18,23);1H. The zero-order valence-corrected chi connectivity index (χ0v) is 15.0. The van der Waals surface area contributed by atoms with Gasteiger partial charge in [0.1, 0.15) is 12.1 Å². The Bertz CT molecular complexity index is 508. The topological polar surface area (TPSA) is 81.8 Å². The second-order valence-corrected chi connectivity index (χ2v) is 6.92. The van der Waals surface area contributed by atoms with Crippen molar-refractivity contribution in [2.75, 3.05) is 32.7 Å². The molecule has 8 heteroatoms. The van der Waals surface area contributed by atoms with Crippen molar-refractivity contribution >= 4 is 30.3 Å². The number of halogens is 1. The molecule has 3 aliphatic rings. The molecule has 3 fully saturated rings. The van der Waals surface area contributed by atoms with Crippen LogP contribution in [-0.4, -0.2) is 65.9 Å². The first kappa shape index (κ1) is 19.0. The van der Waals surface area contributed by atoms with Gasteiger partial charge >= 0.3 is 6.03 Å². The summed E-state index contributed by atoms with van der Waals surface area (Å²) in [5, 5.41) is 6.14. The molecule has 0 aromatic carbocycles. The van der Waals surface area contributed by atoms with Gasteiger partial charge in [0.05, 0.1) is 0 Å². The highest BCUT2D eigenvalue weighted by molar-refractivity contribution is 6.09. The molecule has 0 aromatic heterocycles. The van der Waals surface area contributed by atoms with Gasteiger partial charge in [0.15, 0.2) is 0 Å². The average Bonchev–Trinajstić information content (AvgIpc) is 2.75. The lowest BCUT2D eigenvalue weighted by atomic mass is 9.73. The number of rotatable bonds is 2. The number of carbonyl (C=O) groups is 3. The highest BCUT2D eigenvalue weighted by Gasteiger charge is 2.55. The summed E-state index contributed by atoms with van der Waals surface area (Å²) < 4.78 is 0. The third-order valence-electron chi connectivity index (χ3n) is 5.49. The van der Waals surface area contributed by atoms with Gasteiger partial charge in [-0.2, -0.15) is 0 Å². The van der Waals surface area contributed by atoms with Gasteiger partial charge in [-0.1, -0.05) is 19.8 Å². The van der Waals surface area contributed by atoms with Crippen molar-refractivity contribution in [3.05, 3.63) is 0 Å². The van der Waals surface area contributed by atoms with Crippen LogP contribution in [0.15, 0.2) is 0 Å². The SMILES string of the molecule is CC1CCCCC12NC(=O)N(CC(=O)N1CCCNCC1)C2=O.Cl. The fourth-order valence-corrected chi connectivity index (χ4v) is 3.97. The third kappa shape index (κ3) is 3.37. The summed E-state index contributed by atoms with van der Waals surface area (Å²) in [6.45, 7) is 4.84. The van der Waals surface area contributed by atoms with Crippen LogP contribution in [0.2, 0.25) is 0 Å². The summed E-state index contributed by atoms with van der Waals surface area (Å²) in [6, 6.07) is -0.412. The van der Waals surface area contributed by atoms with E-state index in [9.17, 15) is 14.4 Å². The van der Waals surface area contributed by atoms with Gasteiger partial charge in [0, 0.05) is 19.6 Å². The molecule has 2 aliphatic heterocycles. The molecule has 1 aliphatic carbocycles. The molecule has 1 saturated carbocycles. The zero-order chi connectivity index (χ0) is 16.4. The highest BCUT2D eigenvalue weighted by Crippen LogP contribution is 2.38. The summed E-state index contributed by atoms with van der Waals surface area (Å²) >= 11 is 0. The minimum atomic E-state index is -0.782. The van der Waals surface area contributed by atoms with Gasteiger partial charge < -0.3 is 15.5 Å². The summed E-state index contributed by atoms with van der Waals surface area (Å²) in [6.07, 6.45) is 4.54. The number of carbonyl (C=O) groups excluding carboxylic acids is 3. The molecule has 2 saturated heterocycles. The van der Waals surface area contributed by atoms with E-state index in [1.165, 1.54) is 0 Å². The summed E-state index contributed by atoms with van der Waals surface area (Å²) in [7, 11) is 0. The Labute approximate surface area is 148 Å². The Morgan fingerprint density at radius 3 is 2.75 bits per heavy atom. The predicted molar refractivity (Wildman–Crippen MR) is 91.9 cm³/mol. The Hall–Kier alpha value is -1.34. The maximum Gasteiger partial charge on any atom is 0.325 e. The van der Waals surface area contributed by atoms with Gasteiger partial charge in [0.25, 0.3) is 5.91 Å². The van der Waals surface area contributed by atoms with E-state index in [0.717, 1.165) is 43.7 Å². The number of nitrogens with zero attached hydrogens (tertiary/aromatic N) is 2. The first-order valence-electron chi connectivity index (χ1n) is 8.67. The molecule has 2 N–H and O–H groups in total. The van der Waals surface area contributed by atoms with Gasteiger partial charge in [-0.25, -0.2) is 4.79 Å². The summed E-state index contributed by atoms with van der Waals surface area (Å²) in [5.74, 6) is -0.233. The molecule has 7 nitrogen and oxygen atoms in total. The van der Waals surface area contributed by atoms with Crippen LogP contribution in [0.5, 0.6) is 0 Å². The van der Waals surface area contributed by atoms with Gasteiger partial charge in [-0.05, 0) is 31.7 Å². The minimum absolute atomic E-state index is 0. The number of amides is 4. The van der Waals surface area contributed by atoms with Crippen molar-refractivity contribution in [1.29, 1.82) is 0 Å². The molecule has 2 atom stereocenters. The first-order chi connectivity index (χ1) is 11.0. The normalized spacial score (nSPS) is 30.8. The van der Waals surface area contributed by atoms with E-state index in [0.29, 0.717) is 19.5 Å². The largest absolute Gasteiger partial charge is 0.340 e. The lowest BCUT2D eigenvalue weighted by Crippen LogP contribution is -2.54. The average molecular weight is 359 g/mol. The Morgan fingerprint density at radius 2 is 2.00 bits per heavy atom. The lowest BCUT2D eigenvalue weighted by Gasteiger charge is -2.36. The monoisotopic (exact) mass is 358 g/mol. The number of nitrogens with one attached hydrogen (secondary N) is 2. The fourth-order valence-electron chi connectivity index (χ4n) is 3.97. The van der Waals surface area contributed by atoms with Crippen molar-refractivity contribution in [2.45, 2.75) is 44.6 Å². The molecule has 1 spiro atoms. The minimum Gasteiger partial charge on any atom is -0.340 e. The van der Waals surface area contributed by atoms with Crippen LogP contribution in [0.25, 0.3) is 0 Å². The van der Waals surface area contributed by atoms with Crippen molar-refractivity contribution < 1.29 is 14.4 Å². The Kier molecular flexibility index (Phi) is 6.09. The number of hydrogen-bond acceptors (Lipinski definition) is 4. The molecule has 0 bridgehead atoms. The summed E-state index contributed by atoms with van der Waals surface area (Å²) in [5.41, 5.74) is -0.782. The second kappa shape index (κ2) is 7.70. The molecule has 2 unspecified atom stereocenters. The van der Waals surface area contributed by atoms with E-state index < -0.39 is 11.6 Å². The van der Waals surface area contributed by atoms with E-state index in [-0.39, 0.29) is 36.7 Å². The van der Waals surface area contributed by atoms with Crippen molar-refractivity contribution in [1.82, 2.24) is 20.4 Å². The molecule has 2 heterocycles. The third-order valence-corrected chi connectivity index (χ3v) is 5.49. The fraction of sp³-hybridized carbons (Fsp3) is 0.812. The van der Waals surface area contributed by atoms with E-state index in [2.05, 4.69) is 10.6 Å². The Morgan fingerprint density at radius 1 is 1.21 bits per heavy atom. The van der Waals surface area contributed by atoms with Crippen LogP contribution in [0, 0.1) is 5.92 Å². The van der Waals surface area contributed by atoms with E-state index >= 15 is 0 Å². The van der Waals surface area contributed by atoms with E-state index in [4.69, 9.17) is 0 Å². The van der Waals surface area contributed by atoms with Crippen LogP contribution in [-0.2, 0) is 9.59 Å². The molecule has 24 heavy (non-hydrogen) atoms. The predicted octanol–water partition coefficient (Wildman–Crippen LogP) is 0.731. The molecular formula is C16H27ClN4O3. The van der Waals surface area contributed by atoms with E-state index in [1.54, 1.807) is 4.90 Å². The van der Waals surface area contributed by atoms with Crippen LogP contribution in [0.1, 0.15) is 39.0 Å². The number of imide groups is 1. The van der Waals surface area contributed by atoms with Crippen molar-refractivity contribution in [2.24, 2.45) is 5.92 Å². The molecular weight excluding hydrogens is 332 g/mol. The highest BCUT2D eigenvalue weighted by atomic mass is 35.5. The maximum atomic E-state index is 12.8. The zero-order valence-electron chi connectivity index (χ0n) is 14.2. The molecule has 0 radical (unpaired) electrons. The van der Waals surface area contributed by atoms with Gasteiger partial charge in [0.2, 0.25) is 5.91 Å². The quantitative estimate of drug-likeness (QED) is 0.713. The molecule has 0 aromatic rings. The maximum absolute atomic E-state index is 12.8. The van der Waals surface area contributed by atoms with Crippen molar-refractivity contribution in [3.63, 3.8) is 0 Å². The van der Waals surface area contributed by atoms with Gasteiger partial charge in [-0.3, -0.25) is 14.5 Å². The van der Waals surface area contributed by atoms with Crippen LogP contribution in [0.3, 0.4) is 0 Å². The summed E-state index contributed by atoms with van der Waals surface area (Å²) in [4.78, 5) is 40.5. The van der Waals surface area contributed by atoms with Crippen molar-refractivity contribution in [3.8, 4) is 0 Å². The van der Waals surface area contributed by atoms with Crippen LogP contribution in [0.4, 0.5) is 4.79 Å². The number of hydrogen-bond donors (Lipinski definition) is 2. The smallest absolute Gasteiger partial charge is 0.325 e. The second-order valence-electron chi connectivity index (χ2n) is 6.92. The first-order valence-corrected chi connectivity index (χ1v) is 8.67. The van der Waals surface area contributed by atoms with E-state index in [1.807, 2.05) is 6.92 Å². The molecule has 3 rings (SSSR count). The van der Waals surface area contributed by atoms with Crippen LogP contribution >= 0.6 is 12.4 Å².